The molecule has 4 nitrogen and oxygen atoms in total. The van der Waals surface area contributed by atoms with E-state index < -0.39 is 0 Å². The van der Waals surface area contributed by atoms with E-state index in [1.165, 1.54) is 11.1 Å². The maximum atomic E-state index is 4.60. The first-order chi connectivity index (χ1) is 13.4. The summed E-state index contributed by atoms with van der Waals surface area (Å²) in [6.07, 6.45) is 12.6. The number of nitrogens with one attached hydrogen (secondary N) is 1. The average Bonchev–Trinajstić information content (AvgIpc) is 3.18. The zero-order valence-corrected chi connectivity index (χ0v) is 14.7. The van der Waals surface area contributed by atoms with Crippen molar-refractivity contribution in [1.82, 2.24) is 20.2 Å². The van der Waals surface area contributed by atoms with Crippen LogP contribution in [0.4, 0.5) is 0 Å². The summed E-state index contributed by atoms with van der Waals surface area (Å²) >= 11 is 0. The van der Waals surface area contributed by atoms with E-state index in [9.17, 15) is 0 Å². The van der Waals surface area contributed by atoms with E-state index in [-0.39, 0.29) is 5.41 Å². The van der Waals surface area contributed by atoms with E-state index in [1.54, 1.807) is 12.4 Å². The van der Waals surface area contributed by atoms with Gasteiger partial charge in [-0.2, -0.15) is 5.10 Å². The zero-order chi connectivity index (χ0) is 18.1. The van der Waals surface area contributed by atoms with Crippen LogP contribution in [-0.2, 0) is 11.8 Å². The Kier molecular flexibility index (Phi) is 3.68. The van der Waals surface area contributed by atoms with Gasteiger partial charge in [0.05, 0.1) is 5.69 Å². The van der Waals surface area contributed by atoms with Crippen LogP contribution < -0.4 is 0 Å². The van der Waals surface area contributed by atoms with Crippen LogP contribution in [0, 0.1) is 0 Å². The minimum absolute atomic E-state index is 0.237. The van der Waals surface area contributed by atoms with Crippen molar-refractivity contribution in [1.29, 1.82) is 0 Å². The maximum Gasteiger partial charge on any atom is 0.0996 e. The van der Waals surface area contributed by atoms with Gasteiger partial charge >= 0.3 is 0 Å². The van der Waals surface area contributed by atoms with Crippen molar-refractivity contribution in [2.75, 3.05) is 0 Å². The summed E-state index contributed by atoms with van der Waals surface area (Å²) in [6, 6.07) is 18.8. The number of pyridine rings is 2. The molecule has 0 amide bonds. The molecule has 0 radical (unpaired) electrons. The minimum Gasteiger partial charge on any atom is -0.281 e. The molecule has 4 heteroatoms. The van der Waals surface area contributed by atoms with Crippen LogP contribution in [0.1, 0.15) is 22.4 Å². The molecule has 3 aromatic heterocycles. The normalized spacial score (nSPS) is 18.2. The second-order valence-electron chi connectivity index (χ2n) is 6.78. The topological polar surface area (TPSA) is 54.5 Å². The van der Waals surface area contributed by atoms with Crippen molar-refractivity contribution < 1.29 is 0 Å². The molecule has 1 aliphatic rings. The van der Waals surface area contributed by atoms with Gasteiger partial charge in [0.1, 0.15) is 0 Å². The molecular weight excluding hydrogens is 332 g/mol. The summed E-state index contributed by atoms with van der Waals surface area (Å²) in [6.45, 7) is 0. The molecule has 1 aromatic carbocycles. The van der Waals surface area contributed by atoms with Crippen molar-refractivity contribution in [2.45, 2.75) is 11.8 Å². The molecule has 1 N–H and O–H groups in total. The van der Waals surface area contributed by atoms with Crippen molar-refractivity contribution in [3.05, 3.63) is 108 Å². The Bertz CT molecular complexity index is 1040. The van der Waals surface area contributed by atoms with Gasteiger partial charge in [-0.1, -0.05) is 42.5 Å². The number of fused-ring (bicyclic) bond motifs is 1. The number of hydrogen-bond donors (Lipinski definition) is 1. The van der Waals surface area contributed by atoms with Crippen LogP contribution in [0.25, 0.3) is 17.3 Å². The quantitative estimate of drug-likeness (QED) is 0.595. The maximum absolute atomic E-state index is 4.60. The first-order valence-electron chi connectivity index (χ1n) is 9.00. The van der Waals surface area contributed by atoms with E-state index in [0.717, 1.165) is 28.9 Å². The molecule has 3 heterocycles. The van der Waals surface area contributed by atoms with E-state index in [0.29, 0.717) is 0 Å². The van der Waals surface area contributed by atoms with E-state index in [2.05, 4.69) is 74.8 Å². The Morgan fingerprint density at radius 1 is 0.778 bits per heavy atom. The molecule has 0 fully saturated rings. The molecule has 27 heavy (non-hydrogen) atoms. The zero-order valence-electron chi connectivity index (χ0n) is 14.7. The third-order valence-electron chi connectivity index (χ3n) is 5.31. The lowest BCUT2D eigenvalue weighted by Gasteiger charge is -2.34. The van der Waals surface area contributed by atoms with Gasteiger partial charge in [0.15, 0.2) is 0 Å². The molecule has 0 spiro atoms. The fourth-order valence-corrected chi connectivity index (χ4v) is 3.94. The minimum atomic E-state index is -0.237. The molecule has 0 aliphatic heterocycles. The Morgan fingerprint density at radius 2 is 1.44 bits per heavy atom. The number of aromatic amines is 1. The number of benzene rings is 1. The van der Waals surface area contributed by atoms with Crippen molar-refractivity contribution in [3.63, 3.8) is 0 Å². The van der Waals surface area contributed by atoms with Gasteiger partial charge in [0.25, 0.3) is 0 Å². The summed E-state index contributed by atoms with van der Waals surface area (Å²) < 4.78 is 0. The summed E-state index contributed by atoms with van der Waals surface area (Å²) in [5, 5.41) is 7.89. The molecule has 130 valence electrons. The van der Waals surface area contributed by atoms with Gasteiger partial charge < -0.3 is 0 Å². The van der Waals surface area contributed by atoms with Crippen molar-refractivity contribution >= 4 is 6.08 Å². The monoisotopic (exact) mass is 350 g/mol. The number of H-pyrrole nitrogens is 1. The Labute approximate surface area is 157 Å². The number of allylic oxidation sites excluding steroid dienone is 1. The molecule has 0 bridgehead atoms. The predicted molar refractivity (Wildman–Crippen MR) is 106 cm³/mol. The van der Waals surface area contributed by atoms with Gasteiger partial charge in [0, 0.05) is 53.4 Å². The fourth-order valence-electron chi connectivity index (χ4n) is 3.94. The highest BCUT2D eigenvalue weighted by atomic mass is 15.1. The molecular formula is C23H18N4. The largest absolute Gasteiger partial charge is 0.281 e. The Balaban J connectivity index is 1.66. The molecule has 0 saturated carbocycles. The molecule has 1 aliphatic carbocycles. The van der Waals surface area contributed by atoms with Gasteiger partial charge in [-0.3, -0.25) is 15.1 Å². The smallest absolute Gasteiger partial charge is 0.0996 e. The van der Waals surface area contributed by atoms with Crippen LogP contribution in [0.2, 0.25) is 0 Å². The van der Waals surface area contributed by atoms with Crippen LogP contribution in [0.5, 0.6) is 0 Å². The summed E-state index contributed by atoms with van der Waals surface area (Å²) in [5.74, 6) is 0. The molecule has 5 rings (SSSR count). The lowest BCUT2D eigenvalue weighted by atomic mass is 9.68. The van der Waals surface area contributed by atoms with E-state index in [4.69, 9.17) is 0 Å². The van der Waals surface area contributed by atoms with Gasteiger partial charge in [-0.25, -0.2) is 0 Å². The first-order valence-corrected chi connectivity index (χ1v) is 9.00. The second kappa shape index (κ2) is 6.32. The number of rotatable bonds is 3. The summed E-state index contributed by atoms with van der Waals surface area (Å²) in [4.78, 5) is 8.31. The first kappa shape index (κ1) is 15.7. The molecule has 0 saturated heterocycles. The summed E-state index contributed by atoms with van der Waals surface area (Å²) in [7, 11) is 0. The highest BCUT2D eigenvalue weighted by molar-refractivity contribution is 5.76. The van der Waals surface area contributed by atoms with Crippen LogP contribution in [0.3, 0.4) is 0 Å². The second-order valence-corrected chi connectivity index (χ2v) is 6.78. The average molecular weight is 350 g/mol. The third-order valence-corrected chi connectivity index (χ3v) is 5.31. The Morgan fingerprint density at radius 3 is 2.19 bits per heavy atom. The van der Waals surface area contributed by atoms with Crippen LogP contribution in [0.15, 0.2) is 85.5 Å². The standard InChI is InChI=1S/C23H18N4/c1-2-4-18(5-3-1)23(19-9-14-25-15-10-19)11-6-20-21(16-23)26-27-22(20)17-7-12-24-13-8-17/h1-15H,16H2,(H,26,27). The predicted octanol–water partition coefficient (Wildman–Crippen LogP) is 4.42. The SMILES string of the molecule is C1=CC(c2ccccc2)(c2ccncc2)Cc2[nH]nc(-c3ccncc3)c21. The highest BCUT2D eigenvalue weighted by Crippen LogP contribution is 2.42. The number of aromatic nitrogens is 4. The molecule has 1 unspecified atom stereocenters. The number of nitrogens with zero attached hydrogens (tertiary/aromatic N) is 3. The molecule has 1 atom stereocenters. The lowest BCUT2D eigenvalue weighted by Crippen LogP contribution is -2.30. The molecule has 4 aromatic rings. The highest BCUT2D eigenvalue weighted by Gasteiger charge is 2.36. The van der Waals surface area contributed by atoms with Crippen molar-refractivity contribution in [2.24, 2.45) is 0 Å². The Hall–Kier alpha value is -3.53. The van der Waals surface area contributed by atoms with Gasteiger partial charge in [-0.05, 0) is 35.4 Å². The van der Waals surface area contributed by atoms with Crippen LogP contribution >= 0.6 is 0 Å². The fraction of sp³-hybridized carbons (Fsp3) is 0.0870. The van der Waals surface area contributed by atoms with E-state index in [1.807, 2.05) is 24.5 Å². The third kappa shape index (κ3) is 2.57. The summed E-state index contributed by atoms with van der Waals surface area (Å²) in [5.41, 5.74) is 6.60. The van der Waals surface area contributed by atoms with Gasteiger partial charge in [-0.15, -0.1) is 0 Å². The van der Waals surface area contributed by atoms with E-state index >= 15 is 0 Å². The lowest BCUT2D eigenvalue weighted by molar-refractivity contribution is 0.619. The van der Waals surface area contributed by atoms with Crippen molar-refractivity contribution in [3.8, 4) is 11.3 Å². The van der Waals surface area contributed by atoms with Gasteiger partial charge in [0.2, 0.25) is 0 Å². The van der Waals surface area contributed by atoms with Crippen LogP contribution in [-0.4, -0.2) is 20.2 Å². The number of hydrogen-bond acceptors (Lipinski definition) is 3.